The van der Waals surface area contributed by atoms with Crippen molar-refractivity contribution in [3.8, 4) is 0 Å². The van der Waals surface area contributed by atoms with E-state index in [4.69, 9.17) is 4.74 Å². The molecule has 1 N–H and O–H groups in total. The smallest absolute Gasteiger partial charge is 0.0930 e. The summed E-state index contributed by atoms with van der Waals surface area (Å²) in [5.41, 5.74) is 2.89. The second-order valence-corrected chi connectivity index (χ2v) is 6.98. The molecule has 1 aliphatic heterocycles. The molecule has 106 valence electrons. The molecule has 3 nitrogen and oxygen atoms in total. The fraction of sp³-hybridized carbons (Fsp3) is 0.800. The number of nitrogens with zero attached hydrogens (tertiary/aromatic N) is 1. The van der Waals surface area contributed by atoms with Gasteiger partial charge in [-0.15, -0.1) is 11.3 Å². The van der Waals surface area contributed by atoms with Crippen LogP contribution in [-0.4, -0.2) is 22.3 Å². The van der Waals surface area contributed by atoms with E-state index in [0.717, 1.165) is 30.0 Å². The molecule has 1 aliphatic carbocycles. The lowest BCUT2D eigenvalue weighted by molar-refractivity contribution is -0.133. The summed E-state index contributed by atoms with van der Waals surface area (Å²) in [6.07, 6.45) is 7.90. The van der Waals surface area contributed by atoms with Gasteiger partial charge in [0, 0.05) is 6.61 Å². The Morgan fingerprint density at radius 3 is 2.89 bits per heavy atom. The fourth-order valence-electron chi connectivity index (χ4n) is 3.69. The van der Waals surface area contributed by atoms with Crippen LogP contribution >= 0.6 is 11.3 Å². The van der Waals surface area contributed by atoms with E-state index >= 15 is 0 Å². The van der Waals surface area contributed by atoms with Gasteiger partial charge in [0.25, 0.3) is 0 Å². The van der Waals surface area contributed by atoms with Gasteiger partial charge in [-0.3, -0.25) is 0 Å². The van der Waals surface area contributed by atoms with E-state index in [2.05, 4.69) is 4.98 Å². The highest BCUT2D eigenvalue weighted by molar-refractivity contribution is 7.09. The van der Waals surface area contributed by atoms with E-state index in [1.807, 2.05) is 12.4 Å². The minimum Gasteiger partial charge on any atom is -0.387 e. The average Bonchev–Trinajstić information content (AvgIpc) is 2.85. The maximum absolute atomic E-state index is 10.6. The lowest BCUT2D eigenvalue weighted by Gasteiger charge is -2.44. The van der Waals surface area contributed by atoms with Gasteiger partial charge in [-0.2, -0.15) is 0 Å². The maximum atomic E-state index is 10.6. The van der Waals surface area contributed by atoms with Gasteiger partial charge in [-0.25, -0.2) is 4.98 Å². The number of hydrogen-bond donors (Lipinski definition) is 1. The summed E-state index contributed by atoms with van der Waals surface area (Å²) >= 11 is 1.58. The first kappa shape index (κ1) is 13.5. The summed E-state index contributed by atoms with van der Waals surface area (Å²) < 4.78 is 6.11. The van der Waals surface area contributed by atoms with Crippen molar-refractivity contribution in [1.29, 1.82) is 0 Å². The second-order valence-electron chi connectivity index (χ2n) is 6.09. The number of aryl methyl sites for hydroxylation is 1. The van der Waals surface area contributed by atoms with Crippen LogP contribution in [0.2, 0.25) is 0 Å². The number of ether oxygens (including phenoxy) is 1. The molecular weight excluding hydrogens is 258 g/mol. The normalized spacial score (nSPS) is 28.4. The molecule has 4 heteroatoms. The topological polar surface area (TPSA) is 42.4 Å². The molecule has 2 aliphatic rings. The van der Waals surface area contributed by atoms with E-state index in [-0.39, 0.29) is 11.7 Å². The van der Waals surface area contributed by atoms with Crippen LogP contribution in [0.3, 0.4) is 0 Å². The third kappa shape index (κ3) is 2.71. The molecule has 2 unspecified atom stereocenters. The van der Waals surface area contributed by atoms with E-state index < -0.39 is 0 Å². The van der Waals surface area contributed by atoms with Crippen molar-refractivity contribution in [2.75, 3.05) is 6.61 Å². The van der Waals surface area contributed by atoms with Gasteiger partial charge in [-0.1, -0.05) is 19.3 Å². The number of aliphatic hydroxyl groups excluding tert-OH is 1. The zero-order valence-corrected chi connectivity index (χ0v) is 12.4. The van der Waals surface area contributed by atoms with Gasteiger partial charge < -0.3 is 9.84 Å². The molecule has 1 saturated heterocycles. The van der Waals surface area contributed by atoms with Crippen LogP contribution in [0.5, 0.6) is 0 Å². The first-order valence-electron chi connectivity index (χ1n) is 7.42. The molecular formula is C15H23NO2S. The molecule has 1 aromatic rings. The third-order valence-corrected chi connectivity index (χ3v) is 5.80. The van der Waals surface area contributed by atoms with Crippen molar-refractivity contribution in [3.05, 3.63) is 16.1 Å². The monoisotopic (exact) mass is 281 g/mol. The standard InChI is InChI=1S/C15H23NO2S/c1-11-14(19-10-16-11)13(17)12-5-8-18-15(9-12)6-3-2-4-7-15/h10,12-13,17H,2-9H2,1H3. The van der Waals surface area contributed by atoms with Crippen molar-refractivity contribution in [2.45, 2.75) is 63.6 Å². The van der Waals surface area contributed by atoms with Gasteiger partial charge >= 0.3 is 0 Å². The molecule has 3 rings (SSSR count). The summed E-state index contributed by atoms with van der Waals surface area (Å²) in [5, 5.41) is 10.6. The Labute approximate surface area is 119 Å². The minimum absolute atomic E-state index is 0.0702. The average molecular weight is 281 g/mol. The van der Waals surface area contributed by atoms with E-state index in [1.54, 1.807) is 11.3 Å². The minimum atomic E-state index is -0.352. The first-order valence-corrected chi connectivity index (χ1v) is 8.30. The van der Waals surface area contributed by atoms with Crippen LogP contribution in [0.25, 0.3) is 0 Å². The van der Waals surface area contributed by atoms with Crippen LogP contribution in [0.4, 0.5) is 0 Å². The highest BCUT2D eigenvalue weighted by Crippen LogP contribution is 2.45. The van der Waals surface area contributed by atoms with Crippen LogP contribution in [0, 0.1) is 12.8 Å². The van der Waals surface area contributed by atoms with Crippen molar-refractivity contribution in [1.82, 2.24) is 4.98 Å². The number of thiazole rings is 1. The van der Waals surface area contributed by atoms with Gasteiger partial charge in [-0.05, 0) is 38.5 Å². The highest BCUT2D eigenvalue weighted by atomic mass is 32.1. The third-order valence-electron chi connectivity index (χ3n) is 4.79. The molecule has 0 radical (unpaired) electrons. The largest absolute Gasteiger partial charge is 0.387 e. The number of hydrogen-bond acceptors (Lipinski definition) is 4. The Balaban J connectivity index is 1.72. The molecule has 19 heavy (non-hydrogen) atoms. The molecule has 2 atom stereocenters. The van der Waals surface area contributed by atoms with Crippen LogP contribution in [-0.2, 0) is 4.74 Å². The summed E-state index contributed by atoms with van der Waals surface area (Å²) in [6, 6.07) is 0. The number of aromatic nitrogens is 1. The predicted octanol–water partition coefficient (Wildman–Crippen LogP) is 3.61. The number of rotatable bonds is 2. The lowest BCUT2D eigenvalue weighted by atomic mass is 9.74. The van der Waals surface area contributed by atoms with Gasteiger partial charge in [0.2, 0.25) is 0 Å². The van der Waals surface area contributed by atoms with Crippen LogP contribution in [0.1, 0.15) is 61.6 Å². The van der Waals surface area contributed by atoms with Crippen molar-refractivity contribution in [3.63, 3.8) is 0 Å². The lowest BCUT2D eigenvalue weighted by Crippen LogP contribution is -2.42. The first-order chi connectivity index (χ1) is 9.20. The molecule has 0 amide bonds. The second kappa shape index (κ2) is 5.51. The Hall–Kier alpha value is -0.450. The highest BCUT2D eigenvalue weighted by Gasteiger charge is 2.41. The maximum Gasteiger partial charge on any atom is 0.0930 e. The van der Waals surface area contributed by atoms with Crippen molar-refractivity contribution < 1.29 is 9.84 Å². The van der Waals surface area contributed by atoms with Crippen molar-refractivity contribution in [2.24, 2.45) is 5.92 Å². The summed E-state index contributed by atoms with van der Waals surface area (Å²) in [6.45, 7) is 2.80. The van der Waals surface area contributed by atoms with Gasteiger partial charge in [0.15, 0.2) is 0 Å². The Morgan fingerprint density at radius 2 is 2.21 bits per heavy atom. The fourth-order valence-corrected chi connectivity index (χ4v) is 4.57. The van der Waals surface area contributed by atoms with Gasteiger partial charge in [0.1, 0.15) is 0 Å². The molecule has 1 aromatic heterocycles. The Kier molecular flexibility index (Phi) is 3.92. The van der Waals surface area contributed by atoms with Crippen LogP contribution in [0.15, 0.2) is 5.51 Å². The van der Waals surface area contributed by atoms with Crippen molar-refractivity contribution >= 4 is 11.3 Å². The van der Waals surface area contributed by atoms with E-state index in [1.165, 1.54) is 32.1 Å². The summed E-state index contributed by atoms with van der Waals surface area (Å²) in [5.74, 6) is 0.339. The molecule has 1 saturated carbocycles. The molecule has 2 heterocycles. The Morgan fingerprint density at radius 1 is 1.42 bits per heavy atom. The molecule has 0 bridgehead atoms. The number of aliphatic hydroxyl groups is 1. The zero-order chi connectivity index (χ0) is 13.3. The van der Waals surface area contributed by atoms with E-state index in [9.17, 15) is 5.11 Å². The SMILES string of the molecule is Cc1ncsc1C(O)C1CCOC2(CCCCC2)C1. The predicted molar refractivity (Wildman–Crippen MR) is 76.3 cm³/mol. The molecule has 0 aromatic carbocycles. The molecule has 1 spiro atoms. The summed E-state index contributed by atoms with van der Waals surface area (Å²) in [4.78, 5) is 5.32. The zero-order valence-electron chi connectivity index (χ0n) is 11.6. The Bertz CT molecular complexity index is 420. The summed E-state index contributed by atoms with van der Waals surface area (Å²) in [7, 11) is 0. The molecule has 2 fully saturated rings. The van der Waals surface area contributed by atoms with E-state index in [0.29, 0.717) is 5.92 Å². The van der Waals surface area contributed by atoms with Crippen LogP contribution < -0.4 is 0 Å². The van der Waals surface area contributed by atoms with Gasteiger partial charge in [0.05, 0.1) is 27.8 Å². The quantitative estimate of drug-likeness (QED) is 0.900.